The lowest BCUT2D eigenvalue weighted by atomic mass is 10.1. The summed E-state index contributed by atoms with van der Waals surface area (Å²) >= 11 is 1.26. The van der Waals surface area contributed by atoms with Gasteiger partial charge in [0.05, 0.1) is 16.5 Å². The van der Waals surface area contributed by atoms with Gasteiger partial charge in [-0.25, -0.2) is 13.4 Å². The van der Waals surface area contributed by atoms with Crippen molar-refractivity contribution in [2.24, 2.45) is 5.92 Å². The van der Waals surface area contributed by atoms with Crippen LogP contribution in [0.25, 0.3) is 11.3 Å². The zero-order chi connectivity index (χ0) is 23.9. The van der Waals surface area contributed by atoms with Crippen LogP contribution < -0.4 is 19.7 Å². The summed E-state index contributed by atoms with van der Waals surface area (Å²) < 4.78 is 34.4. The van der Waals surface area contributed by atoms with Crippen LogP contribution in [-0.2, 0) is 19.4 Å². The molecule has 2 aliphatic heterocycles. The molecular weight excluding hydrogens is 478 g/mol. The molecule has 0 bridgehead atoms. The molecule has 0 unspecified atom stereocenters. The molecule has 34 heavy (non-hydrogen) atoms. The normalized spacial score (nSPS) is 17.6. The number of ether oxygens (including phenoxy) is 2. The minimum absolute atomic E-state index is 0.103. The summed E-state index contributed by atoms with van der Waals surface area (Å²) in [6.07, 6.45) is 1.26. The number of benzene rings is 2. The zero-order valence-electron chi connectivity index (χ0n) is 18.2. The van der Waals surface area contributed by atoms with E-state index in [0.29, 0.717) is 41.2 Å². The van der Waals surface area contributed by atoms with Gasteiger partial charge in [0, 0.05) is 41.9 Å². The van der Waals surface area contributed by atoms with Gasteiger partial charge >= 0.3 is 0 Å². The first kappa shape index (κ1) is 22.4. The highest BCUT2D eigenvalue weighted by atomic mass is 32.2. The summed E-state index contributed by atoms with van der Waals surface area (Å²) in [5, 5.41) is 5.00. The van der Waals surface area contributed by atoms with E-state index in [4.69, 9.17) is 9.47 Å². The number of thiazole rings is 1. The number of aromatic nitrogens is 1. The summed E-state index contributed by atoms with van der Waals surface area (Å²) in [7, 11) is -3.28. The number of rotatable bonds is 5. The van der Waals surface area contributed by atoms with Crippen LogP contribution in [0.15, 0.2) is 52.7 Å². The molecule has 3 heterocycles. The van der Waals surface area contributed by atoms with E-state index < -0.39 is 15.8 Å². The maximum absolute atomic E-state index is 12.8. The van der Waals surface area contributed by atoms with Crippen LogP contribution in [0.1, 0.15) is 6.42 Å². The van der Waals surface area contributed by atoms with Gasteiger partial charge in [-0.1, -0.05) is 12.1 Å². The molecule has 2 aliphatic rings. The minimum atomic E-state index is -3.28. The number of sulfone groups is 1. The smallest absolute Gasteiger partial charge is 0.231 e. The molecule has 0 aliphatic carbocycles. The van der Waals surface area contributed by atoms with E-state index in [-0.39, 0.29) is 29.7 Å². The van der Waals surface area contributed by atoms with Crippen LogP contribution >= 0.6 is 11.3 Å². The van der Waals surface area contributed by atoms with Gasteiger partial charge in [0.25, 0.3) is 0 Å². The number of amides is 2. The van der Waals surface area contributed by atoms with Crippen molar-refractivity contribution in [3.63, 3.8) is 0 Å². The molecule has 2 amide bonds. The predicted octanol–water partition coefficient (Wildman–Crippen LogP) is 2.98. The number of carbonyl (C=O) groups excluding carboxylic acids is 2. The van der Waals surface area contributed by atoms with Crippen molar-refractivity contribution in [1.82, 2.24) is 4.98 Å². The fraction of sp³-hybridized carbons (Fsp3) is 0.261. The maximum atomic E-state index is 12.8. The zero-order valence-corrected chi connectivity index (χ0v) is 19.8. The second kappa shape index (κ2) is 8.73. The molecule has 1 N–H and O–H groups in total. The number of hydrogen-bond donors (Lipinski definition) is 1. The van der Waals surface area contributed by atoms with Crippen LogP contribution in [0.5, 0.6) is 11.5 Å². The van der Waals surface area contributed by atoms with E-state index in [0.717, 1.165) is 11.8 Å². The molecule has 0 saturated carbocycles. The van der Waals surface area contributed by atoms with Gasteiger partial charge in [-0.15, -0.1) is 11.3 Å². The first-order valence-electron chi connectivity index (χ1n) is 10.5. The van der Waals surface area contributed by atoms with E-state index in [1.807, 2.05) is 0 Å². The Bertz CT molecular complexity index is 1370. The number of anilines is 2. The second-order valence-corrected chi connectivity index (χ2v) is 10.9. The quantitative estimate of drug-likeness (QED) is 0.574. The standard InChI is InChI=1S/C23H21N3O6S2/c1-34(29,30)17-5-2-14(3-6-17)18-13-33-23(24-18)25-22(28)15-10-21(27)26(12-15)16-4-7-19-20(11-16)32-9-8-31-19/h2-7,11,13,15H,8-10,12H2,1H3,(H,24,25,28)/t15-/m1/s1. The van der Waals surface area contributed by atoms with Gasteiger partial charge in [0.2, 0.25) is 11.8 Å². The Morgan fingerprint density at radius 1 is 1.12 bits per heavy atom. The van der Waals surface area contributed by atoms with E-state index in [1.54, 1.807) is 40.6 Å². The topological polar surface area (TPSA) is 115 Å². The molecule has 9 nitrogen and oxygen atoms in total. The Morgan fingerprint density at radius 3 is 2.59 bits per heavy atom. The fourth-order valence-electron chi connectivity index (χ4n) is 3.88. The summed E-state index contributed by atoms with van der Waals surface area (Å²) in [6.45, 7) is 1.20. The Balaban J connectivity index is 1.25. The molecule has 0 radical (unpaired) electrons. The first-order valence-corrected chi connectivity index (χ1v) is 13.3. The molecule has 1 aromatic heterocycles. The van der Waals surface area contributed by atoms with Crippen LogP contribution in [0.3, 0.4) is 0 Å². The highest BCUT2D eigenvalue weighted by Crippen LogP contribution is 2.36. The molecule has 176 valence electrons. The molecule has 3 aromatic rings. The number of fused-ring (bicyclic) bond motifs is 1. The molecule has 0 spiro atoms. The number of carbonyl (C=O) groups is 2. The summed E-state index contributed by atoms with van der Waals surface area (Å²) in [4.78, 5) is 31.7. The highest BCUT2D eigenvalue weighted by Gasteiger charge is 2.36. The minimum Gasteiger partial charge on any atom is -0.486 e. The Morgan fingerprint density at radius 2 is 1.85 bits per heavy atom. The van der Waals surface area contributed by atoms with Crippen LogP contribution in [0.2, 0.25) is 0 Å². The van der Waals surface area contributed by atoms with Gasteiger partial charge in [0.1, 0.15) is 13.2 Å². The van der Waals surface area contributed by atoms with E-state index in [9.17, 15) is 18.0 Å². The van der Waals surface area contributed by atoms with Crippen molar-refractivity contribution in [3.05, 3.63) is 47.8 Å². The van der Waals surface area contributed by atoms with Gasteiger partial charge < -0.3 is 19.7 Å². The molecule has 1 saturated heterocycles. The Labute approximate surface area is 200 Å². The molecule has 2 aromatic carbocycles. The molecular formula is C23H21N3O6S2. The van der Waals surface area contributed by atoms with Crippen molar-refractivity contribution in [3.8, 4) is 22.8 Å². The van der Waals surface area contributed by atoms with Gasteiger partial charge in [0.15, 0.2) is 26.5 Å². The molecule has 1 atom stereocenters. The monoisotopic (exact) mass is 499 g/mol. The molecule has 5 rings (SSSR count). The first-order chi connectivity index (χ1) is 16.3. The lowest BCUT2D eigenvalue weighted by Crippen LogP contribution is -2.28. The van der Waals surface area contributed by atoms with E-state index >= 15 is 0 Å². The number of nitrogens with one attached hydrogen (secondary N) is 1. The van der Waals surface area contributed by atoms with Crippen molar-refractivity contribution in [2.45, 2.75) is 11.3 Å². The average Bonchev–Trinajstić information content (AvgIpc) is 3.45. The summed E-state index contributed by atoms with van der Waals surface area (Å²) in [5.41, 5.74) is 2.03. The lowest BCUT2D eigenvalue weighted by molar-refractivity contribution is -0.122. The molecule has 11 heteroatoms. The van der Waals surface area contributed by atoms with Crippen molar-refractivity contribution in [1.29, 1.82) is 0 Å². The fourth-order valence-corrected chi connectivity index (χ4v) is 5.23. The van der Waals surface area contributed by atoms with E-state index in [2.05, 4.69) is 10.3 Å². The third-order valence-electron chi connectivity index (χ3n) is 5.65. The Hall–Kier alpha value is -3.44. The van der Waals surface area contributed by atoms with Crippen LogP contribution in [0.4, 0.5) is 10.8 Å². The SMILES string of the molecule is CS(=O)(=O)c1ccc(-c2csc(NC(=O)[C@@H]3CC(=O)N(c4ccc5c(c4)OCCO5)C3)n2)cc1. The summed E-state index contributed by atoms with van der Waals surface area (Å²) in [5.74, 6) is 0.303. The molecule has 1 fully saturated rings. The number of nitrogens with zero attached hydrogens (tertiary/aromatic N) is 2. The average molecular weight is 500 g/mol. The van der Waals surface area contributed by atoms with Crippen molar-refractivity contribution < 1.29 is 27.5 Å². The highest BCUT2D eigenvalue weighted by molar-refractivity contribution is 7.90. The summed E-state index contributed by atoms with van der Waals surface area (Å²) in [6, 6.07) is 11.7. The van der Waals surface area contributed by atoms with Gasteiger partial charge in [-0.05, 0) is 24.3 Å². The second-order valence-electron chi connectivity index (χ2n) is 8.06. The Kier molecular flexibility index (Phi) is 5.74. The van der Waals surface area contributed by atoms with Crippen LogP contribution in [-0.4, -0.2) is 51.2 Å². The number of hydrogen-bond acceptors (Lipinski definition) is 8. The van der Waals surface area contributed by atoms with E-state index in [1.165, 1.54) is 23.5 Å². The lowest BCUT2D eigenvalue weighted by Gasteiger charge is -2.22. The van der Waals surface area contributed by atoms with Crippen molar-refractivity contribution >= 4 is 43.8 Å². The van der Waals surface area contributed by atoms with Gasteiger partial charge in [-0.2, -0.15) is 0 Å². The maximum Gasteiger partial charge on any atom is 0.231 e. The third kappa shape index (κ3) is 4.48. The van der Waals surface area contributed by atoms with Crippen molar-refractivity contribution in [2.75, 3.05) is 36.2 Å². The largest absolute Gasteiger partial charge is 0.486 e. The van der Waals surface area contributed by atoms with Crippen LogP contribution in [0, 0.1) is 5.92 Å². The van der Waals surface area contributed by atoms with Gasteiger partial charge in [-0.3, -0.25) is 9.59 Å². The third-order valence-corrected chi connectivity index (χ3v) is 7.53. The predicted molar refractivity (Wildman–Crippen MR) is 127 cm³/mol.